The van der Waals surface area contributed by atoms with E-state index in [1.54, 1.807) is 0 Å². The summed E-state index contributed by atoms with van der Waals surface area (Å²) in [5.74, 6) is 2.95. The Morgan fingerprint density at radius 1 is 0.967 bits per heavy atom. The fourth-order valence-corrected chi connectivity index (χ4v) is 4.94. The lowest BCUT2D eigenvalue weighted by atomic mass is 9.82. The van der Waals surface area contributed by atoms with Gasteiger partial charge in [-0.2, -0.15) is 0 Å². The lowest BCUT2D eigenvalue weighted by Gasteiger charge is -2.36. The molecule has 0 saturated carbocycles. The summed E-state index contributed by atoms with van der Waals surface area (Å²) in [7, 11) is 0. The van der Waals surface area contributed by atoms with E-state index in [9.17, 15) is 0 Å². The Hall–Kier alpha value is -1.88. The first-order valence-electron chi connectivity index (χ1n) is 11.0. The van der Waals surface area contributed by atoms with Crippen LogP contribution in [-0.2, 0) is 17.7 Å². The van der Waals surface area contributed by atoms with Crippen LogP contribution in [0.5, 0.6) is 11.5 Å². The minimum absolute atomic E-state index is 0.467. The summed E-state index contributed by atoms with van der Waals surface area (Å²) < 4.78 is 12.8. The van der Waals surface area contributed by atoms with Gasteiger partial charge in [0.15, 0.2) is 0 Å². The van der Waals surface area contributed by atoms with Crippen LogP contribution in [0.2, 0.25) is 0 Å². The van der Waals surface area contributed by atoms with Crippen molar-refractivity contribution in [1.82, 2.24) is 4.90 Å². The molecule has 1 saturated heterocycles. The maximum Gasteiger partial charge on any atom is 0.127 e. The Morgan fingerprint density at radius 3 is 2.50 bits per heavy atom. The van der Waals surface area contributed by atoms with E-state index in [4.69, 9.17) is 9.47 Å². The van der Waals surface area contributed by atoms with Gasteiger partial charge in [-0.15, -0.1) is 0 Å². The fraction of sp³-hybridized carbons (Fsp3) is 0.385. The molecule has 3 nitrogen and oxygen atoms in total. The molecule has 4 heteroatoms. The SMILES string of the molecule is Brc1ccc(Oc2ccc3c(c2)CN(CC2C=CC=C[C@@H]2CC2CCO2)CC3)cc1. The lowest BCUT2D eigenvalue weighted by Crippen LogP contribution is -2.38. The van der Waals surface area contributed by atoms with Crippen molar-refractivity contribution in [3.8, 4) is 11.5 Å². The molecule has 0 spiro atoms. The van der Waals surface area contributed by atoms with E-state index in [2.05, 4.69) is 63.3 Å². The van der Waals surface area contributed by atoms with Crippen molar-refractivity contribution in [1.29, 1.82) is 0 Å². The third-order valence-corrected chi connectivity index (χ3v) is 7.02. The maximum absolute atomic E-state index is 6.09. The molecule has 2 heterocycles. The number of ether oxygens (including phenoxy) is 2. The number of nitrogens with zero attached hydrogens (tertiary/aromatic N) is 1. The molecular formula is C26H28BrNO2. The van der Waals surface area contributed by atoms with Gasteiger partial charge in [0.2, 0.25) is 0 Å². The van der Waals surface area contributed by atoms with Crippen molar-refractivity contribution in [3.05, 3.63) is 82.4 Å². The third kappa shape index (κ3) is 4.72. The molecular weight excluding hydrogens is 438 g/mol. The van der Waals surface area contributed by atoms with E-state index in [0.717, 1.165) is 55.1 Å². The molecule has 2 unspecified atom stereocenters. The summed E-state index contributed by atoms with van der Waals surface area (Å²) in [5, 5.41) is 0. The highest BCUT2D eigenvalue weighted by atomic mass is 79.9. The zero-order chi connectivity index (χ0) is 20.3. The Morgan fingerprint density at radius 2 is 1.73 bits per heavy atom. The molecule has 0 radical (unpaired) electrons. The van der Waals surface area contributed by atoms with Crippen molar-refractivity contribution in [2.24, 2.45) is 11.8 Å². The molecule has 0 bridgehead atoms. The summed E-state index contributed by atoms with van der Waals surface area (Å²) >= 11 is 3.47. The second-order valence-electron chi connectivity index (χ2n) is 8.59. The molecule has 3 atom stereocenters. The second kappa shape index (κ2) is 9.09. The molecule has 2 aromatic rings. The summed E-state index contributed by atoms with van der Waals surface area (Å²) in [6.07, 6.45) is 13.1. The highest BCUT2D eigenvalue weighted by molar-refractivity contribution is 9.10. The van der Waals surface area contributed by atoms with Crippen LogP contribution in [0.25, 0.3) is 0 Å². The third-order valence-electron chi connectivity index (χ3n) is 6.49. The predicted octanol–water partition coefficient (Wildman–Crippen LogP) is 6.14. The molecule has 30 heavy (non-hydrogen) atoms. The average molecular weight is 466 g/mol. The number of hydrogen-bond donors (Lipinski definition) is 0. The summed E-state index contributed by atoms with van der Waals surface area (Å²) in [5.41, 5.74) is 2.85. The van der Waals surface area contributed by atoms with Gasteiger partial charge < -0.3 is 9.47 Å². The normalized spacial score (nSPS) is 25.6. The Labute approximate surface area is 187 Å². The van der Waals surface area contributed by atoms with Gasteiger partial charge in [-0.1, -0.05) is 46.3 Å². The molecule has 5 rings (SSSR count). The molecule has 1 aliphatic carbocycles. The Balaban J connectivity index is 1.24. The highest BCUT2D eigenvalue weighted by Crippen LogP contribution is 2.32. The number of rotatable bonds is 6. The monoisotopic (exact) mass is 465 g/mol. The first-order valence-corrected chi connectivity index (χ1v) is 11.8. The Bertz CT molecular complexity index is 933. The zero-order valence-electron chi connectivity index (χ0n) is 17.2. The zero-order valence-corrected chi connectivity index (χ0v) is 18.8. The van der Waals surface area contributed by atoms with Crippen molar-refractivity contribution in [2.45, 2.75) is 31.9 Å². The van der Waals surface area contributed by atoms with Crippen molar-refractivity contribution >= 4 is 15.9 Å². The molecule has 2 aromatic carbocycles. The van der Waals surface area contributed by atoms with E-state index >= 15 is 0 Å². The molecule has 2 aliphatic heterocycles. The number of benzene rings is 2. The van der Waals surface area contributed by atoms with Crippen molar-refractivity contribution in [2.75, 3.05) is 19.7 Å². The van der Waals surface area contributed by atoms with Crippen LogP contribution in [0.3, 0.4) is 0 Å². The van der Waals surface area contributed by atoms with Crippen LogP contribution in [0.4, 0.5) is 0 Å². The average Bonchev–Trinajstić information content (AvgIpc) is 2.73. The smallest absolute Gasteiger partial charge is 0.127 e. The number of hydrogen-bond acceptors (Lipinski definition) is 3. The van der Waals surface area contributed by atoms with Crippen LogP contribution in [0.15, 0.2) is 71.2 Å². The van der Waals surface area contributed by atoms with Gasteiger partial charge in [0, 0.05) is 30.7 Å². The molecule has 0 amide bonds. The first kappa shape index (κ1) is 20.0. The van der Waals surface area contributed by atoms with E-state index in [1.165, 1.54) is 17.5 Å². The number of halogens is 1. The van der Waals surface area contributed by atoms with Gasteiger partial charge in [-0.25, -0.2) is 0 Å². The topological polar surface area (TPSA) is 21.7 Å². The second-order valence-corrected chi connectivity index (χ2v) is 9.50. The van der Waals surface area contributed by atoms with Crippen LogP contribution < -0.4 is 4.74 Å². The van der Waals surface area contributed by atoms with Gasteiger partial charge >= 0.3 is 0 Å². The van der Waals surface area contributed by atoms with E-state index in [0.29, 0.717) is 17.9 Å². The van der Waals surface area contributed by atoms with Crippen molar-refractivity contribution in [3.63, 3.8) is 0 Å². The summed E-state index contributed by atoms with van der Waals surface area (Å²) in [6, 6.07) is 14.6. The summed E-state index contributed by atoms with van der Waals surface area (Å²) in [4.78, 5) is 2.61. The molecule has 0 aromatic heterocycles. The van der Waals surface area contributed by atoms with Gasteiger partial charge in [0.1, 0.15) is 11.5 Å². The Kier molecular flexibility index (Phi) is 6.07. The quantitative estimate of drug-likeness (QED) is 0.511. The van der Waals surface area contributed by atoms with Crippen LogP contribution >= 0.6 is 15.9 Å². The minimum Gasteiger partial charge on any atom is -0.457 e. The highest BCUT2D eigenvalue weighted by Gasteiger charge is 2.28. The number of allylic oxidation sites excluding steroid dienone is 3. The lowest BCUT2D eigenvalue weighted by molar-refractivity contribution is -0.0628. The van der Waals surface area contributed by atoms with Crippen LogP contribution in [0, 0.1) is 11.8 Å². The van der Waals surface area contributed by atoms with Crippen LogP contribution in [-0.4, -0.2) is 30.7 Å². The first-order chi connectivity index (χ1) is 14.7. The fourth-order valence-electron chi connectivity index (χ4n) is 4.67. The molecule has 1 fully saturated rings. The van der Waals surface area contributed by atoms with E-state index < -0.39 is 0 Å². The minimum atomic E-state index is 0.467. The maximum atomic E-state index is 6.09. The van der Waals surface area contributed by atoms with Gasteiger partial charge in [-0.3, -0.25) is 4.90 Å². The van der Waals surface area contributed by atoms with E-state index in [1.807, 2.05) is 24.3 Å². The van der Waals surface area contributed by atoms with Gasteiger partial charge in [0.25, 0.3) is 0 Å². The number of fused-ring (bicyclic) bond motifs is 1. The van der Waals surface area contributed by atoms with Crippen LogP contribution in [0.1, 0.15) is 24.0 Å². The largest absolute Gasteiger partial charge is 0.457 e. The van der Waals surface area contributed by atoms with Gasteiger partial charge in [0.05, 0.1) is 6.10 Å². The molecule has 156 valence electrons. The van der Waals surface area contributed by atoms with E-state index in [-0.39, 0.29) is 0 Å². The predicted molar refractivity (Wildman–Crippen MR) is 124 cm³/mol. The van der Waals surface area contributed by atoms with Gasteiger partial charge in [-0.05, 0) is 78.6 Å². The van der Waals surface area contributed by atoms with Crippen molar-refractivity contribution < 1.29 is 9.47 Å². The molecule has 0 N–H and O–H groups in total. The molecule has 3 aliphatic rings. The standard InChI is InChI=1S/C26H28BrNO2/c27-23-6-9-24(10-7-23)30-26-8-5-19-11-13-28(18-22(19)16-26)17-21-4-2-1-3-20(21)15-25-12-14-29-25/h1-10,16,20-21,25H,11-15,17-18H2/t20-,21?,25?/m1/s1. The summed E-state index contributed by atoms with van der Waals surface area (Å²) in [6.45, 7) is 4.17.